The molecule has 0 amide bonds. The first-order chi connectivity index (χ1) is 9.26. The Balaban J connectivity index is 2.02. The molecule has 1 aromatic rings. The van der Waals surface area contributed by atoms with Gasteiger partial charge in [0.2, 0.25) is 0 Å². The van der Waals surface area contributed by atoms with Crippen molar-refractivity contribution in [2.24, 2.45) is 5.92 Å². The van der Waals surface area contributed by atoms with Crippen LogP contribution in [-0.2, 0) is 12.8 Å². The monoisotopic (exact) mass is 261 g/mol. The van der Waals surface area contributed by atoms with E-state index >= 15 is 0 Å². The van der Waals surface area contributed by atoms with Gasteiger partial charge >= 0.3 is 0 Å². The van der Waals surface area contributed by atoms with Crippen molar-refractivity contribution >= 4 is 0 Å². The standard InChI is InChI=1S/C17H27NO/c1-4-13-7-10-17(19-3)15(11-13)12-14-5-8-16(18-2)9-6-14/h7,10-11,14,16,18H,4-6,8-9,12H2,1-3H3. The maximum atomic E-state index is 5.52. The molecule has 1 aromatic carbocycles. The molecule has 1 saturated carbocycles. The molecule has 19 heavy (non-hydrogen) atoms. The van der Waals surface area contributed by atoms with Gasteiger partial charge in [0.15, 0.2) is 0 Å². The van der Waals surface area contributed by atoms with Gasteiger partial charge in [-0.15, -0.1) is 0 Å². The summed E-state index contributed by atoms with van der Waals surface area (Å²) in [5.41, 5.74) is 2.81. The molecule has 0 spiro atoms. The molecule has 0 atom stereocenters. The lowest BCUT2D eigenvalue weighted by Crippen LogP contribution is -2.30. The van der Waals surface area contributed by atoms with E-state index in [0.29, 0.717) is 0 Å². The molecule has 106 valence electrons. The Hall–Kier alpha value is -1.02. The molecule has 0 aliphatic heterocycles. The predicted molar refractivity (Wildman–Crippen MR) is 80.9 cm³/mol. The van der Waals surface area contributed by atoms with Crippen LogP contribution in [-0.4, -0.2) is 20.2 Å². The molecule has 0 aromatic heterocycles. The van der Waals surface area contributed by atoms with E-state index in [0.717, 1.165) is 24.1 Å². The molecule has 2 rings (SSSR count). The molecule has 1 aliphatic carbocycles. The summed E-state index contributed by atoms with van der Waals surface area (Å²) < 4.78 is 5.52. The number of nitrogens with one attached hydrogen (secondary N) is 1. The molecular weight excluding hydrogens is 234 g/mol. The molecule has 0 saturated heterocycles. The van der Waals surface area contributed by atoms with Crippen LogP contribution in [0.3, 0.4) is 0 Å². The highest BCUT2D eigenvalue weighted by Crippen LogP contribution is 2.31. The molecule has 1 aliphatic rings. The lowest BCUT2D eigenvalue weighted by Gasteiger charge is -2.28. The second kappa shape index (κ2) is 6.95. The van der Waals surface area contributed by atoms with E-state index in [1.165, 1.54) is 43.2 Å². The summed E-state index contributed by atoms with van der Waals surface area (Å²) in [7, 11) is 3.86. The molecule has 0 heterocycles. The summed E-state index contributed by atoms with van der Waals surface area (Å²) in [6.45, 7) is 2.21. The van der Waals surface area contributed by atoms with Crippen LogP contribution in [0.4, 0.5) is 0 Å². The summed E-state index contributed by atoms with van der Waals surface area (Å²) in [4.78, 5) is 0. The Morgan fingerprint density at radius 3 is 2.53 bits per heavy atom. The van der Waals surface area contributed by atoms with Crippen molar-refractivity contribution in [1.82, 2.24) is 5.32 Å². The molecular formula is C17H27NO. The topological polar surface area (TPSA) is 21.3 Å². The van der Waals surface area contributed by atoms with Crippen molar-refractivity contribution in [3.8, 4) is 5.75 Å². The van der Waals surface area contributed by atoms with Crippen LogP contribution in [0.25, 0.3) is 0 Å². The molecule has 0 radical (unpaired) electrons. The average Bonchev–Trinajstić information content (AvgIpc) is 2.48. The fourth-order valence-corrected chi connectivity index (χ4v) is 3.18. The first-order valence-corrected chi connectivity index (χ1v) is 7.59. The van der Waals surface area contributed by atoms with Gasteiger partial charge in [0.05, 0.1) is 7.11 Å². The molecule has 0 unspecified atom stereocenters. The molecule has 2 nitrogen and oxygen atoms in total. The van der Waals surface area contributed by atoms with Gasteiger partial charge in [0, 0.05) is 6.04 Å². The highest BCUT2D eigenvalue weighted by Gasteiger charge is 2.21. The van der Waals surface area contributed by atoms with E-state index in [9.17, 15) is 0 Å². The SMILES string of the molecule is CCc1ccc(OC)c(CC2CCC(NC)CC2)c1. The van der Waals surface area contributed by atoms with Gasteiger partial charge in [0.1, 0.15) is 5.75 Å². The zero-order valence-corrected chi connectivity index (χ0v) is 12.5. The van der Waals surface area contributed by atoms with Gasteiger partial charge in [-0.1, -0.05) is 19.1 Å². The van der Waals surface area contributed by atoms with Crippen molar-refractivity contribution in [3.05, 3.63) is 29.3 Å². The number of aryl methyl sites for hydroxylation is 1. The summed E-state index contributed by atoms with van der Waals surface area (Å²) in [5, 5.41) is 3.40. The van der Waals surface area contributed by atoms with E-state index in [1.54, 1.807) is 7.11 Å². The fraction of sp³-hybridized carbons (Fsp3) is 0.647. The van der Waals surface area contributed by atoms with Crippen LogP contribution >= 0.6 is 0 Å². The lowest BCUT2D eigenvalue weighted by molar-refractivity contribution is 0.297. The van der Waals surface area contributed by atoms with Gasteiger partial charge in [-0.2, -0.15) is 0 Å². The van der Waals surface area contributed by atoms with Crippen molar-refractivity contribution < 1.29 is 4.74 Å². The van der Waals surface area contributed by atoms with Crippen molar-refractivity contribution in [3.63, 3.8) is 0 Å². The summed E-state index contributed by atoms with van der Waals surface area (Å²) in [6.07, 6.45) is 7.58. The van der Waals surface area contributed by atoms with E-state index in [1.807, 2.05) is 0 Å². The normalized spacial score (nSPS) is 23.3. The second-order valence-electron chi connectivity index (χ2n) is 5.71. The third-order valence-corrected chi connectivity index (χ3v) is 4.52. The minimum absolute atomic E-state index is 0.736. The maximum Gasteiger partial charge on any atom is 0.122 e. The van der Waals surface area contributed by atoms with Crippen LogP contribution in [0.1, 0.15) is 43.7 Å². The lowest BCUT2D eigenvalue weighted by atomic mass is 9.82. The number of ether oxygens (including phenoxy) is 1. The minimum Gasteiger partial charge on any atom is -0.496 e. The summed E-state index contributed by atoms with van der Waals surface area (Å²) in [5.74, 6) is 1.89. The van der Waals surface area contributed by atoms with E-state index in [-0.39, 0.29) is 0 Å². The van der Waals surface area contributed by atoms with Crippen LogP contribution in [0.5, 0.6) is 5.75 Å². The van der Waals surface area contributed by atoms with E-state index in [4.69, 9.17) is 4.74 Å². The highest BCUT2D eigenvalue weighted by molar-refractivity contribution is 5.37. The third-order valence-electron chi connectivity index (χ3n) is 4.52. The zero-order valence-electron chi connectivity index (χ0n) is 12.5. The first kappa shape index (κ1) is 14.4. The fourth-order valence-electron chi connectivity index (χ4n) is 3.18. The predicted octanol–water partition coefficient (Wildman–Crippen LogP) is 3.58. The van der Waals surface area contributed by atoms with Gasteiger partial charge in [-0.3, -0.25) is 0 Å². The average molecular weight is 261 g/mol. The molecule has 2 heteroatoms. The zero-order chi connectivity index (χ0) is 13.7. The first-order valence-electron chi connectivity index (χ1n) is 7.59. The Bertz CT molecular complexity index is 394. The quantitative estimate of drug-likeness (QED) is 0.874. The van der Waals surface area contributed by atoms with Crippen LogP contribution in [0.15, 0.2) is 18.2 Å². The van der Waals surface area contributed by atoms with Gasteiger partial charge in [0.25, 0.3) is 0 Å². The van der Waals surface area contributed by atoms with Crippen LogP contribution in [0.2, 0.25) is 0 Å². The number of benzene rings is 1. The second-order valence-corrected chi connectivity index (χ2v) is 5.71. The third kappa shape index (κ3) is 3.73. The van der Waals surface area contributed by atoms with Crippen molar-refractivity contribution in [2.45, 2.75) is 51.5 Å². The Labute approximate surface area is 117 Å². The molecule has 1 N–H and O–H groups in total. The summed E-state index contributed by atoms with van der Waals surface area (Å²) in [6, 6.07) is 7.39. The Morgan fingerprint density at radius 1 is 1.21 bits per heavy atom. The van der Waals surface area contributed by atoms with Crippen molar-refractivity contribution in [2.75, 3.05) is 14.2 Å². The molecule has 0 bridgehead atoms. The smallest absolute Gasteiger partial charge is 0.122 e. The van der Waals surface area contributed by atoms with E-state index in [2.05, 4.69) is 37.5 Å². The number of rotatable bonds is 5. The van der Waals surface area contributed by atoms with Crippen LogP contribution in [0, 0.1) is 5.92 Å². The number of hydrogen-bond donors (Lipinski definition) is 1. The van der Waals surface area contributed by atoms with Gasteiger partial charge in [-0.25, -0.2) is 0 Å². The summed E-state index contributed by atoms with van der Waals surface area (Å²) >= 11 is 0. The van der Waals surface area contributed by atoms with Crippen molar-refractivity contribution in [1.29, 1.82) is 0 Å². The number of hydrogen-bond acceptors (Lipinski definition) is 2. The maximum absolute atomic E-state index is 5.52. The Morgan fingerprint density at radius 2 is 1.95 bits per heavy atom. The highest BCUT2D eigenvalue weighted by atomic mass is 16.5. The molecule has 1 fully saturated rings. The van der Waals surface area contributed by atoms with E-state index < -0.39 is 0 Å². The largest absolute Gasteiger partial charge is 0.496 e. The minimum atomic E-state index is 0.736. The van der Waals surface area contributed by atoms with Crippen LogP contribution < -0.4 is 10.1 Å². The van der Waals surface area contributed by atoms with Gasteiger partial charge in [-0.05, 0) is 68.7 Å². The number of methoxy groups -OCH3 is 1. The van der Waals surface area contributed by atoms with Gasteiger partial charge < -0.3 is 10.1 Å². The Kier molecular flexibility index (Phi) is 5.26.